The van der Waals surface area contributed by atoms with Crippen molar-refractivity contribution >= 4 is 5.96 Å². The standard InChI is InChI=1S/C19H26F3N5O2/c1-3-23-17(26-12-14-29-15-7-5-4-6-8-15)25-10-9-18(28,19(20,21)22)16-24-11-13-27(16)2/h4-8,11,13,28H,3,9-10,12,14H2,1-2H3,(H2,23,25,26). The second-order valence-corrected chi connectivity index (χ2v) is 6.32. The van der Waals surface area contributed by atoms with Crippen molar-refractivity contribution in [1.29, 1.82) is 0 Å². The van der Waals surface area contributed by atoms with Crippen LogP contribution in [0, 0.1) is 0 Å². The Labute approximate surface area is 167 Å². The summed E-state index contributed by atoms with van der Waals surface area (Å²) < 4.78 is 47.3. The summed E-state index contributed by atoms with van der Waals surface area (Å²) in [6, 6.07) is 9.26. The molecule has 7 nitrogen and oxygen atoms in total. The normalized spacial score (nSPS) is 14.3. The predicted octanol–water partition coefficient (Wildman–Crippen LogP) is 2.19. The minimum absolute atomic E-state index is 0.252. The quantitative estimate of drug-likeness (QED) is 0.334. The number of halogens is 3. The Bertz CT molecular complexity index is 780. The molecule has 160 valence electrons. The second-order valence-electron chi connectivity index (χ2n) is 6.32. The second kappa shape index (κ2) is 10.1. The Balaban J connectivity index is 1.94. The zero-order valence-electron chi connectivity index (χ0n) is 16.4. The molecule has 0 radical (unpaired) electrons. The molecule has 0 amide bonds. The van der Waals surface area contributed by atoms with Gasteiger partial charge in [-0.3, -0.25) is 4.99 Å². The summed E-state index contributed by atoms with van der Waals surface area (Å²) >= 11 is 0. The Kier molecular flexibility index (Phi) is 7.89. The number of aryl methyl sites for hydroxylation is 1. The van der Waals surface area contributed by atoms with Crippen LogP contribution in [0.4, 0.5) is 13.2 Å². The van der Waals surface area contributed by atoms with E-state index in [1.807, 2.05) is 37.3 Å². The maximum Gasteiger partial charge on any atom is 0.424 e. The van der Waals surface area contributed by atoms with Crippen molar-refractivity contribution in [3.8, 4) is 5.75 Å². The van der Waals surface area contributed by atoms with Gasteiger partial charge in [0.15, 0.2) is 5.96 Å². The van der Waals surface area contributed by atoms with Crippen LogP contribution in [0.25, 0.3) is 0 Å². The molecule has 0 aliphatic rings. The van der Waals surface area contributed by atoms with Gasteiger partial charge in [-0.2, -0.15) is 13.2 Å². The molecule has 2 rings (SSSR count). The van der Waals surface area contributed by atoms with Crippen molar-refractivity contribution in [1.82, 2.24) is 20.2 Å². The van der Waals surface area contributed by atoms with Gasteiger partial charge in [-0.15, -0.1) is 0 Å². The highest BCUT2D eigenvalue weighted by molar-refractivity contribution is 5.79. The number of ether oxygens (including phenoxy) is 1. The van der Waals surface area contributed by atoms with Crippen LogP contribution >= 0.6 is 0 Å². The SMILES string of the molecule is CCNC(=NCCC(O)(c1nccn1C)C(F)(F)F)NCCOc1ccccc1. The van der Waals surface area contributed by atoms with E-state index in [2.05, 4.69) is 20.6 Å². The maximum atomic E-state index is 13.5. The molecule has 29 heavy (non-hydrogen) atoms. The van der Waals surface area contributed by atoms with E-state index >= 15 is 0 Å². The van der Waals surface area contributed by atoms with E-state index in [-0.39, 0.29) is 6.54 Å². The summed E-state index contributed by atoms with van der Waals surface area (Å²) in [6.07, 6.45) is -2.96. The number of benzene rings is 1. The summed E-state index contributed by atoms with van der Waals surface area (Å²) in [4.78, 5) is 7.81. The first kappa shape index (κ1) is 22.5. The molecule has 10 heteroatoms. The minimum atomic E-state index is -4.88. The molecule has 2 aromatic rings. The lowest BCUT2D eigenvalue weighted by Gasteiger charge is -2.29. The molecule has 0 fully saturated rings. The van der Waals surface area contributed by atoms with Crippen LogP contribution in [0.5, 0.6) is 5.75 Å². The number of guanidine groups is 1. The topological polar surface area (TPSA) is 83.7 Å². The van der Waals surface area contributed by atoms with Gasteiger partial charge in [-0.25, -0.2) is 4.98 Å². The molecule has 0 bridgehead atoms. The van der Waals surface area contributed by atoms with E-state index in [1.54, 1.807) is 0 Å². The fourth-order valence-electron chi connectivity index (χ4n) is 2.67. The first-order valence-corrected chi connectivity index (χ1v) is 9.25. The van der Waals surface area contributed by atoms with Gasteiger partial charge in [0.2, 0.25) is 5.60 Å². The molecule has 0 saturated carbocycles. The Morgan fingerprint density at radius 2 is 1.97 bits per heavy atom. The van der Waals surface area contributed by atoms with Gasteiger partial charge < -0.3 is 25.0 Å². The lowest BCUT2D eigenvalue weighted by atomic mass is 9.98. The molecule has 0 saturated heterocycles. The Morgan fingerprint density at radius 3 is 2.55 bits per heavy atom. The molecule has 1 heterocycles. The van der Waals surface area contributed by atoms with E-state index < -0.39 is 24.0 Å². The zero-order chi connectivity index (χ0) is 21.3. The number of aromatic nitrogens is 2. The number of para-hydroxylation sites is 1. The number of hydrogen-bond donors (Lipinski definition) is 3. The Hall–Kier alpha value is -2.75. The number of nitrogens with zero attached hydrogens (tertiary/aromatic N) is 3. The van der Waals surface area contributed by atoms with Gasteiger partial charge in [-0.05, 0) is 19.1 Å². The minimum Gasteiger partial charge on any atom is -0.492 e. The van der Waals surface area contributed by atoms with E-state index in [4.69, 9.17) is 4.74 Å². The maximum absolute atomic E-state index is 13.5. The van der Waals surface area contributed by atoms with Crippen LogP contribution in [0.2, 0.25) is 0 Å². The smallest absolute Gasteiger partial charge is 0.424 e. The van der Waals surface area contributed by atoms with E-state index in [0.717, 1.165) is 10.3 Å². The van der Waals surface area contributed by atoms with Crippen LogP contribution in [-0.2, 0) is 12.6 Å². The van der Waals surface area contributed by atoms with Gasteiger partial charge in [0.25, 0.3) is 0 Å². The molecule has 1 aromatic carbocycles. The van der Waals surface area contributed by atoms with Crippen LogP contribution in [-0.4, -0.2) is 53.0 Å². The first-order valence-electron chi connectivity index (χ1n) is 9.25. The van der Waals surface area contributed by atoms with Gasteiger partial charge in [0, 0.05) is 39.0 Å². The van der Waals surface area contributed by atoms with Crippen LogP contribution in [0.15, 0.2) is 47.7 Å². The largest absolute Gasteiger partial charge is 0.492 e. The van der Waals surface area contributed by atoms with Crippen molar-refractivity contribution in [2.24, 2.45) is 12.0 Å². The lowest BCUT2D eigenvalue weighted by Crippen LogP contribution is -2.45. The number of imidazole rings is 1. The van der Waals surface area contributed by atoms with Gasteiger partial charge in [0.1, 0.15) is 18.2 Å². The fraction of sp³-hybridized carbons (Fsp3) is 0.474. The monoisotopic (exact) mass is 413 g/mol. The van der Waals surface area contributed by atoms with Crippen molar-refractivity contribution in [2.45, 2.75) is 25.1 Å². The molecule has 1 unspecified atom stereocenters. The molecular weight excluding hydrogens is 387 g/mol. The van der Waals surface area contributed by atoms with Gasteiger partial charge in [0.05, 0.1) is 6.54 Å². The summed E-state index contributed by atoms with van der Waals surface area (Å²) in [6.45, 7) is 2.89. The van der Waals surface area contributed by atoms with Gasteiger partial charge in [-0.1, -0.05) is 18.2 Å². The highest BCUT2D eigenvalue weighted by atomic mass is 19.4. The molecule has 3 N–H and O–H groups in total. The summed E-state index contributed by atoms with van der Waals surface area (Å²) in [5.41, 5.74) is -3.08. The third kappa shape index (κ3) is 6.11. The molecular formula is C19H26F3N5O2. The average Bonchev–Trinajstić information content (AvgIpc) is 3.11. The highest BCUT2D eigenvalue weighted by Crippen LogP contribution is 2.40. The number of hydrogen-bond acceptors (Lipinski definition) is 4. The van der Waals surface area contributed by atoms with Crippen molar-refractivity contribution in [3.05, 3.63) is 48.5 Å². The zero-order valence-corrected chi connectivity index (χ0v) is 16.4. The Morgan fingerprint density at radius 1 is 1.24 bits per heavy atom. The third-order valence-electron chi connectivity index (χ3n) is 4.15. The van der Waals surface area contributed by atoms with Gasteiger partial charge >= 0.3 is 6.18 Å². The van der Waals surface area contributed by atoms with Crippen LogP contribution in [0.1, 0.15) is 19.2 Å². The number of aliphatic hydroxyl groups is 1. The number of rotatable bonds is 9. The van der Waals surface area contributed by atoms with Crippen molar-refractivity contribution in [2.75, 3.05) is 26.2 Å². The van der Waals surface area contributed by atoms with Crippen LogP contribution in [0.3, 0.4) is 0 Å². The predicted molar refractivity (Wildman–Crippen MR) is 104 cm³/mol. The van der Waals surface area contributed by atoms with E-state index in [1.165, 1.54) is 19.4 Å². The summed E-state index contributed by atoms with van der Waals surface area (Å²) in [7, 11) is 1.40. The summed E-state index contributed by atoms with van der Waals surface area (Å²) in [5, 5.41) is 16.3. The van der Waals surface area contributed by atoms with E-state index in [9.17, 15) is 18.3 Å². The van der Waals surface area contributed by atoms with E-state index in [0.29, 0.717) is 25.7 Å². The highest BCUT2D eigenvalue weighted by Gasteiger charge is 2.57. The molecule has 0 aliphatic carbocycles. The number of alkyl halides is 3. The number of nitrogens with one attached hydrogen (secondary N) is 2. The molecule has 1 aromatic heterocycles. The van der Waals surface area contributed by atoms with Crippen molar-refractivity contribution in [3.63, 3.8) is 0 Å². The number of aliphatic imine (C=N–C) groups is 1. The lowest BCUT2D eigenvalue weighted by molar-refractivity contribution is -0.272. The van der Waals surface area contributed by atoms with Crippen LogP contribution < -0.4 is 15.4 Å². The first-order chi connectivity index (χ1) is 13.8. The average molecular weight is 413 g/mol. The molecule has 0 aliphatic heterocycles. The molecule has 1 atom stereocenters. The van der Waals surface area contributed by atoms with Crippen molar-refractivity contribution < 1.29 is 23.0 Å². The third-order valence-corrected chi connectivity index (χ3v) is 4.15. The summed E-state index contributed by atoms with van der Waals surface area (Å²) in [5.74, 6) is 0.601. The fourth-order valence-corrected chi connectivity index (χ4v) is 2.67. The molecule has 0 spiro atoms.